The van der Waals surface area contributed by atoms with Crippen LogP contribution in [0.15, 0.2) is 23.1 Å². The summed E-state index contributed by atoms with van der Waals surface area (Å²) in [6.07, 6.45) is 3.14. The first-order chi connectivity index (χ1) is 9.70. The fourth-order valence-corrected chi connectivity index (χ4v) is 3.39. The van der Waals surface area contributed by atoms with Crippen LogP contribution >= 0.6 is 0 Å². The van der Waals surface area contributed by atoms with Gasteiger partial charge < -0.3 is 4.90 Å². The van der Waals surface area contributed by atoms with Gasteiger partial charge in [-0.15, -0.1) is 0 Å². The van der Waals surface area contributed by atoms with Gasteiger partial charge in [-0.25, -0.2) is 8.42 Å². The van der Waals surface area contributed by atoms with Crippen LogP contribution in [-0.4, -0.2) is 32.2 Å². The fraction of sp³-hybridized carbons (Fsp3) is 0.571. The predicted octanol–water partition coefficient (Wildman–Crippen LogP) is 2.62. The van der Waals surface area contributed by atoms with E-state index in [0.717, 1.165) is 31.7 Å². The number of nitro groups is 1. The van der Waals surface area contributed by atoms with Crippen LogP contribution in [0.3, 0.4) is 0 Å². The Kier molecular flexibility index (Phi) is 4.22. The molecule has 2 rings (SSSR count). The summed E-state index contributed by atoms with van der Waals surface area (Å²) in [4.78, 5) is 12.8. The summed E-state index contributed by atoms with van der Waals surface area (Å²) in [6.45, 7) is 4.91. The SMILES string of the molecule is CC1CCC(C)N(c2ccc(S(C)(=O)=O)cc2[N+](=O)[O-])C1. The van der Waals surface area contributed by atoms with E-state index in [9.17, 15) is 18.5 Å². The number of benzene rings is 1. The van der Waals surface area contributed by atoms with Gasteiger partial charge in [-0.3, -0.25) is 10.1 Å². The summed E-state index contributed by atoms with van der Waals surface area (Å²) < 4.78 is 23.2. The zero-order valence-electron chi connectivity index (χ0n) is 12.4. The summed E-state index contributed by atoms with van der Waals surface area (Å²) in [5.74, 6) is 0.468. The van der Waals surface area contributed by atoms with E-state index >= 15 is 0 Å². The first-order valence-corrected chi connectivity index (χ1v) is 8.84. The highest BCUT2D eigenvalue weighted by Gasteiger charge is 2.29. The smallest absolute Gasteiger partial charge is 0.293 e. The summed E-state index contributed by atoms with van der Waals surface area (Å²) in [7, 11) is -3.45. The van der Waals surface area contributed by atoms with E-state index in [-0.39, 0.29) is 16.6 Å². The van der Waals surface area contributed by atoms with Gasteiger partial charge in [0.15, 0.2) is 9.84 Å². The van der Waals surface area contributed by atoms with Crippen LogP contribution in [0.1, 0.15) is 26.7 Å². The molecule has 0 spiro atoms. The standard InChI is InChI=1S/C14H20N2O4S/c1-10-4-5-11(2)15(9-10)13-7-6-12(21(3,19)20)8-14(13)16(17)18/h6-8,10-11H,4-5,9H2,1-3H3. The van der Waals surface area contributed by atoms with Gasteiger partial charge in [0.2, 0.25) is 0 Å². The number of anilines is 1. The normalized spacial score (nSPS) is 23.1. The minimum Gasteiger partial charge on any atom is -0.363 e. The van der Waals surface area contributed by atoms with Gasteiger partial charge in [0.05, 0.1) is 9.82 Å². The van der Waals surface area contributed by atoms with Crippen LogP contribution in [0.2, 0.25) is 0 Å². The summed E-state index contributed by atoms with van der Waals surface area (Å²) in [5.41, 5.74) is 0.366. The van der Waals surface area contributed by atoms with Crippen molar-refractivity contribution in [2.75, 3.05) is 17.7 Å². The Morgan fingerprint density at radius 1 is 1.29 bits per heavy atom. The molecular formula is C14H20N2O4S. The number of nitrogens with zero attached hydrogens (tertiary/aromatic N) is 2. The molecule has 1 aromatic rings. The highest BCUT2D eigenvalue weighted by atomic mass is 32.2. The van der Waals surface area contributed by atoms with E-state index in [2.05, 4.69) is 6.92 Å². The van der Waals surface area contributed by atoms with Crippen LogP contribution in [-0.2, 0) is 9.84 Å². The molecule has 116 valence electrons. The average molecular weight is 312 g/mol. The molecule has 0 aromatic heterocycles. The molecule has 7 heteroatoms. The molecule has 2 unspecified atom stereocenters. The molecule has 0 bridgehead atoms. The number of sulfone groups is 1. The summed E-state index contributed by atoms with van der Waals surface area (Å²) in [6, 6.07) is 4.38. The minimum absolute atomic E-state index is 0.0179. The Morgan fingerprint density at radius 3 is 2.52 bits per heavy atom. The van der Waals surface area contributed by atoms with Gasteiger partial charge in [-0.2, -0.15) is 0 Å². The van der Waals surface area contributed by atoms with Crippen molar-refractivity contribution in [1.82, 2.24) is 0 Å². The lowest BCUT2D eigenvalue weighted by Gasteiger charge is -2.38. The monoisotopic (exact) mass is 312 g/mol. The average Bonchev–Trinajstić information content (AvgIpc) is 2.40. The van der Waals surface area contributed by atoms with E-state index in [4.69, 9.17) is 0 Å². The predicted molar refractivity (Wildman–Crippen MR) is 81.4 cm³/mol. The number of nitro benzene ring substituents is 1. The second kappa shape index (κ2) is 5.63. The van der Waals surface area contributed by atoms with E-state index in [1.165, 1.54) is 6.07 Å². The van der Waals surface area contributed by atoms with Crippen LogP contribution in [0, 0.1) is 16.0 Å². The van der Waals surface area contributed by atoms with Gasteiger partial charge in [0.1, 0.15) is 5.69 Å². The highest BCUT2D eigenvalue weighted by molar-refractivity contribution is 7.90. The number of hydrogen-bond donors (Lipinski definition) is 0. The van der Waals surface area contributed by atoms with Crippen molar-refractivity contribution < 1.29 is 13.3 Å². The molecular weight excluding hydrogens is 292 g/mol. The van der Waals surface area contributed by atoms with Crippen molar-refractivity contribution in [1.29, 1.82) is 0 Å². The number of hydrogen-bond acceptors (Lipinski definition) is 5. The second-order valence-electron chi connectivity index (χ2n) is 5.86. The highest BCUT2D eigenvalue weighted by Crippen LogP contribution is 2.35. The van der Waals surface area contributed by atoms with Gasteiger partial charge in [0.25, 0.3) is 5.69 Å². The molecule has 1 aromatic carbocycles. The lowest BCUT2D eigenvalue weighted by Crippen LogP contribution is -2.41. The van der Waals surface area contributed by atoms with Crippen molar-refractivity contribution in [3.8, 4) is 0 Å². The first-order valence-electron chi connectivity index (χ1n) is 6.95. The molecule has 0 aliphatic carbocycles. The van der Waals surface area contributed by atoms with E-state index in [1.54, 1.807) is 6.07 Å². The molecule has 1 aliphatic heterocycles. The molecule has 0 saturated carbocycles. The van der Waals surface area contributed by atoms with Crippen molar-refractivity contribution in [3.05, 3.63) is 28.3 Å². The molecule has 1 fully saturated rings. The Labute approximate surface area is 124 Å². The van der Waals surface area contributed by atoms with Crippen molar-refractivity contribution in [2.24, 2.45) is 5.92 Å². The Morgan fingerprint density at radius 2 is 1.95 bits per heavy atom. The van der Waals surface area contributed by atoms with Crippen molar-refractivity contribution >= 4 is 21.2 Å². The van der Waals surface area contributed by atoms with Gasteiger partial charge in [-0.05, 0) is 37.8 Å². The van der Waals surface area contributed by atoms with Crippen LogP contribution in [0.4, 0.5) is 11.4 Å². The number of rotatable bonds is 3. The summed E-state index contributed by atoms with van der Waals surface area (Å²) in [5, 5.41) is 11.3. The Hall–Kier alpha value is -1.63. The zero-order chi connectivity index (χ0) is 15.8. The molecule has 1 aliphatic rings. The van der Waals surface area contributed by atoms with E-state index < -0.39 is 14.8 Å². The van der Waals surface area contributed by atoms with Crippen molar-refractivity contribution in [2.45, 2.75) is 37.6 Å². The molecule has 6 nitrogen and oxygen atoms in total. The fourth-order valence-electron chi connectivity index (χ4n) is 2.75. The molecule has 1 heterocycles. The second-order valence-corrected chi connectivity index (χ2v) is 7.88. The molecule has 0 amide bonds. The maximum atomic E-state index is 11.6. The third-order valence-corrected chi connectivity index (χ3v) is 5.11. The van der Waals surface area contributed by atoms with E-state index in [0.29, 0.717) is 11.6 Å². The van der Waals surface area contributed by atoms with Crippen molar-refractivity contribution in [3.63, 3.8) is 0 Å². The largest absolute Gasteiger partial charge is 0.363 e. The third kappa shape index (κ3) is 3.34. The van der Waals surface area contributed by atoms with Crippen LogP contribution < -0.4 is 4.90 Å². The summed E-state index contributed by atoms with van der Waals surface area (Å²) >= 11 is 0. The molecule has 0 N–H and O–H groups in total. The topological polar surface area (TPSA) is 80.5 Å². The minimum atomic E-state index is -3.45. The Bertz CT molecular complexity index is 657. The zero-order valence-corrected chi connectivity index (χ0v) is 13.3. The number of piperidine rings is 1. The lowest BCUT2D eigenvalue weighted by atomic mass is 9.94. The van der Waals surface area contributed by atoms with Gasteiger partial charge in [0, 0.05) is 24.9 Å². The van der Waals surface area contributed by atoms with E-state index in [1.807, 2.05) is 11.8 Å². The quantitative estimate of drug-likeness (QED) is 0.633. The Balaban J connectivity index is 2.50. The van der Waals surface area contributed by atoms with Crippen LogP contribution in [0.5, 0.6) is 0 Å². The van der Waals surface area contributed by atoms with Gasteiger partial charge >= 0.3 is 0 Å². The van der Waals surface area contributed by atoms with Crippen LogP contribution in [0.25, 0.3) is 0 Å². The third-order valence-electron chi connectivity index (χ3n) is 4.00. The molecule has 1 saturated heterocycles. The molecule has 21 heavy (non-hydrogen) atoms. The van der Waals surface area contributed by atoms with Gasteiger partial charge in [-0.1, -0.05) is 6.92 Å². The first kappa shape index (κ1) is 15.8. The lowest BCUT2D eigenvalue weighted by molar-refractivity contribution is -0.384. The maximum Gasteiger partial charge on any atom is 0.293 e. The molecule has 2 atom stereocenters. The molecule has 0 radical (unpaired) electrons. The maximum absolute atomic E-state index is 11.6.